The zero-order valence-electron chi connectivity index (χ0n) is 12.5. The van der Waals surface area contributed by atoms with Crippen LogP contribution >= 0.6 is 0 Å². The lowest BCUT2D eigenvalue weighted by molar-refractivity contribution is -0.143. The lowest BCUT2D eigenvalue weighted by atomic mass is 10.1. The summed E-state index contributed by atoms with van der Waals surface area (Å²) in [6, 6.07) is 3.91. The van der Waals surface area contributed by atoms with E-state index in [0.717, 1.165) is 19.3 Å². The summed E-state index contributed by atoms with van der Waals surface area (Å²) < 4.78 is 23.4. The van der Waals surface area contributed by atoms with Crippen LogP contribution in [0.5, 0.6) is 5.75 Å². The first-order valence-electron chi connectivity index (χ1n) is 7.13. The molecule has 0 N–H and O–H groups in total. The van der Waals surface area contributed by atoms with Crippen molar-refractivity contribution in [1.82, 2.24) is 0 Å². The van der Waals surface area contributed by atoms with Gasteiger partial charge in [-0.25, -0.2) is 4.39 Å². The molecule has 0 amide bonds. The quantitative estimate of drug-likeness (QED) is 0.397. The number of benzene rings is 1. The van der Waals surface area contributed by atoms with Crippen LogP contribution < -0.4 is 4.74 Å². The monoisotopic (exact) mass is 296 g/mol. The Morgan fingerprint density at radius 1 is 1.19 bits per heavy atom. The maximum absolute atomic E-state index is 13.1. The number of hydrogen-bond acceptors (Lipinski definition) is 4. The van der Waals surface area contributed by atoms with E-state index in [-0.39, 0.29) is 17.3 Å². The summed E-state index contributed by atoms with van der Waals surface area (Å²) >= 11 is 0. The Labute approximate surface area is 124 Å². The molecule has 0 heterocycles. The van der Waals surface area contributed by atoms with Crippen LogP contribution in [0.25, 0.3) is 0 Å². The molecule has 0 radical (unpaired) electrons. The summed E-state index contributed by atoms with van der Waals surface area (Å²) in [5.41, 5.74) is 0.251. The molecular weight excluding hydrogens is 275 g/mol. The molecule has 1 rings (SSSR count). The van der Waals surface area contributed by atoms with Gasteiger partial charge in [0.05, 0.1) is 18.8 Å². The van der Waals surface area contributed by atoms with Gasteiger partial charge in [-0.1, -0.05) is 0 Å². The van der Waals surface area contributed by atoms with Gasteiger partial charge in [-0.2, -0.15) is 0 Å². The fourth-order valence-corrected chi connectivity index (χ4v) is 1.87. The van der Waals surface area contributed by atoms with Crippen molar-refractivity contribution in [2.75, 3.05) is 13.2 Å². The highest BCUT2D eigenvalue weighted by Crippen LogP contribution is 2.20. The van der Waals surface area contributed by atoms with Gasteiger partial charge in [0.2, 0.25) is 0 Å². The number of halogens is 1. The molecule has 4 nitrogen and oxygen atoms in total. The van der Waals surface area contributed by atoms with Gasteiger partial charge in [0.25, 0.3) is 0 Å². The van der Waals surface area contributed by atoms with E-state index in [9.17, 15) is 14.0 Å². The summed E-state index contributed by atoms with van der Waals surface area (Å²) in [7, 11) is 0. The molecule has 0 aromatic heterocycles. The smallest absolute Gasteiger partial charge is 0.305 e. The van der Waals surface area contributed by atoms with E-state index < -0.39 is 5.82 Å². The Morgan fingerprint density at radius 2 is 1.95 bits per heavy atom. The molecule has 0 spiro atoms. The highest BCUT2D eigenvalue weighted by atomic mass is 19.1. The van der Waals surface area contributed by atoms with Crippen molar-refractivity contribution in [3.05, 3.63) is 29.6 Å². The number of rotatable bonds is 9. The first-order chi connectivity index (χ1) is 10.0. The minimum atomic E-state index is -0.456. The molecule has 0 bridgehead atoms. The third-order valence-electron chi connectivity index (χ3n) is 2.91. The first-order valence-corrected chi connectivity index (χ1v) is 7.13. The summed E-state index contributed by atoms with van der Waals surface area (Å²) in [5, 5.41) is 0. The lowest BCUT2D eigenvalue weighted by Crippen LogP contribution is -2.05. The second-order valence-corrected chi connectivity index (χ2v) is 4.66. The maximum Gasteiger partial charge on any atom is 0.305 e. The standard InChI is InChI=1S/C16H21FO4/c1-3-20-16(19)7-5-4-6-10-21-15-9-8-13(17)11-14(15)12(2)18/h8-9,11H,3-7,10H2,1-2H3. The zero-order chi connectivity index (χ0) is 15.7. The number of carbonyl (C=O) groups is 2. The fraction of sp³-hybridized carbons (Fsp3) is 0.500. The van der Waals surface area contributed by atoms with E-state index in [1.165, 1.54) is 25.1 Å². The van der Waals surface area contributed by atoms with Crippen molar-refractivity contribution in [3.8, 4) is 5.75 Å². The Kier molecular flexibility index (Phi) is 7.43. The van der Waals surface area contributed by atoms with E-state index in [4.69, 9.17) is 9.47 Å². The number of ketones is 1. The molecular formula is C16H21FO4. The maximum atomic E-state index is 13.1. The van der Waals surface area contributed by atoms with Crippen molar-refractivity contribution in [2.24, 2.45) is 0 Å². The molecule has 116 valence electrons. The Bertz CT molecular complexity index is 485. The minimum Gasteiger partial charge on any atom is -0.493 e. The third-order valence-corrected chi connectivity index (χ3v) is 2.91. The Morgan fingerprint density at radius 3 is 2.62 bits per heavy atom. The number of ether oxygens (including phenoxy) is 2. The molecule has 0 saturated carbocycles. The molecule has 0 fully saturated rings. The molecule has 0 saturated heterocycles. The van der Waals surface area contributed by atoms with Crippen LogP contribution in [0, 0.1) is 5.82 Å². The second kappa shape index (κ2) is 9.10. The topological polar surface area (TPSA) is 52.6 Å². The van der Waals surface area contributed by atoms with E-state index >= 15 is 0 Å². The predicted octanol–water partition coefficient (Wildman–Crippen LogP) is 3.53. The molecule has 0 aliphatic rings. The highest BCUT2D eigenvalue weighted by Gasteiger charge is 2.09. The van der Waals surface area contributed by atoms with Crippen LogP contribution in [0.15, 0.2) is 18.2 Å². The molecule has 5 heteroatoms. The van der Waals surface area contributed by atoms with Crippen LogP contribution in [0.2, 0.25) is 0 Å². The lowest BCUT2D eigenvalue weighted by Gasteiger charge is -2.09. The third kappa shape index (κ3) is 6.38. The van der Waals surface area contributed by atoms with Crippen LogP contribution in [0.4, 0.5) is 4.39 Å². The minimum absolute atomic E-state index is 0.184. The summed E-state index contributed by atoms with van der Waals surface area (Å²) in [6.45, 7) is 3.98. The van der Waals surface area contributed by atoms with Gasteiger partial charge >= 0.3 is 5.97 Å². The highest BCUT2D eigenvalue weighted by molar-refractivity contribution is 5.96. The van der Waals surface area contributed by atoms with Crippen LogP contribution in [-0.2, 0) is 9.53 Å². The van der Waals surface area contributed by atoms with Crippen molar-refractivity contribution < 1.29 is 23.5 Å². The van der Waals surface area contributed by atoms with Crippen molar-refractivity contribution in [1.29, 1.82) is 0 Å². The molecule has 0 unspecified atom stereocenters. The molecule has 0 aliphatic carbocycles. The number of carbonyl (C=O) groups excluding carboxylic acids is 2. The Balaban J connectivity index is 2.30. The van der Waals surface area contributed by atoms with Crippen LogP contribution in [0.3, 0.4) is 0 Å². The second-order valence-electron chi connectivity index (χ2n) is 4.66. The Hall–Kier alpha value is -1.91. The average Bonchev–Trinajstić information content (AvgIpc) is 2.44. The van der Waals surface area contributed by atoms with Gasteiger partial charge in [-0.05, 0) is 51.3 Å². The molecule has 21 heavy (non-hydrogen) atoms. The van der Waals surface area contributed by atoms with Crippen LogP contribution in [0.1, 0.15) is 49.9 Å². The van der Waals surface area contributed by atoms with Gasteiger partial charge in [0.15, 0.2) is 5.78 Å². The number of unbranched alkanes of at least 4 members (excludes halogenated alkanes) is 2. The van der Waals surface area contributed by atoms with Gasteiger partial charge < -0.3 is 9.47 Å². The SMILES string of the molecule is CCOC(=O)CCCCCOc1ccc(F)cc1C(C)=O. The van der Waals surface area contributed by atoms with Gasteiger partial charge in [0, 0.05) is 6.42 Å². The van der Waals surface area contributed by atoms with Crippen LogP contribution in [-0.4, -0.2) is 25.0 Å². The number of hydrogen-bond donors (Lipinski definition) is 0. The average molecular weight is 296 g/mol. The van der Waals surface area contributed by atoms with Gasteiger partial charge in [-0.15, -0.1) is 0 Å². The summed E-state index contributed by atoms with van der Waals surface area (Å²) in [4.78, 5) is 22.5. The largest absolute Gasteiger partial charge is 0.493 e. The van der Waals surface area contributed by atoms with Crippen molar-refractivity contribution >= 4 is 11.8 Å². The molecule has 1 aromatic rings. The first kappa shape index (κ1) is 17.1. The predicted molar refractivity (Wildman–Crippen MR) is 77.0 cm³/mol. The van der Waals surface area contributed by atoms with E-state index in [2.05, 4.69) is 0 Å². The summed E-state index contributed by atoms with van der Waals surface area (Å²) in [5.74, 6) is -0.473. The molecule has 1 aromatic carbocycles. The van der Waals surface area contributed by atoms with Gasteiger partial charge in [-0.3, -0.25) is 9.59 Å². The number of Topliss-reactive ketones (excluding diaryl/α,β-unsaturated/α-hetero) is 1. The summed E-state index contributed by atoms with van der Waals surface area (Å²) in [6.07, 6.45) is 2.73. The fourth-order valence-electron chi connectivity index (χ4n) is 1.87. The number of esters is 1. The molecule has 0 atom stereocenters. The van der Waals surface area contributed by atoms with Crippen molar-refractivity contribution in [2.45, 2.75) is 39.5 Å². The van der Waals surface area contributed by atoms with Crippen molar-refractivity contribution in [3.63, 3.8) is 0 Å². The molecule has 0 aliphatic heterocycles. The van der Waals surface area contributed by atoms with Gasteiger partial charge in [0.1, 0.15) is 11.6 Å². The zero-order valence-corrected chi connectivity index (χ0v) is 12.5. The van der Waals surface area contributed by atoms with E-state index in [1.807, 2.05) is 0 Å². The van der Waals surface area contributed by atoms with E-state index in [0.29, 0.717) is 25.4 Å². The van der Waals surface area contributed by atoms with E-state index in [1.54, 1.807) is 6.92 Å². The normalized spacial score (nSPS) is 10.2.